The van der Waals surface area contributed by atoms with Gasteiger partial charge < -0.3 is 89.0 Å². The number of furan rings is 3. The number of benzene rings is 6. The number of carboxylic acids is 1. The van der Waals surface area contributed by atoms with Gasteiger partial charge in [0, 0.05) is 144 Å². The quantitative estimate of drug-likeness (QED) is 0.00717. The minimum atomic E-state index is -1.13. The molecule has 3 aliphatic carbocycles. The van der Waals surface area contributed by atoms with Crippen molar-refractivity contribution in [2.75, 3.05) is 20.0 Å². The molecule has 9 heterocycles. The van der Waals surface area contributed by atoms with Gasteiger partial charge in [0.25, 0.3) is 28.8 Å². The summed E-state index contributed by atoms with van der Waals surface area (Å²) in [5, 5.41) is 40.6. The zero-order valence-corrected chi connectivity index (χ0v) is 79.8. The number of methoxy groups -OCH3 is 2. The molecule has 698 valence electrons. The molecule has 36 heteroatoms. The van der Waals surface area contributed by atoms with Crippen molar-refractivity contribution < 1.29 is 87.7 Å². The van der Waals surface area contributed by atoms with Crippen molar-refractivity contribution in [2.45, 2.75) is 186 Å². The predicted octanol–water partition coefficient (Wildman–Crippen LogP) is 19.9. The first-order valence-electron chi connectivity index (χ1n) is 43.2. The Hall–Kier alpha value is -13.0. The summed E-state index contributed by atoms with van der Waals surface area (Å²) in [6.45, 7) is 3.52. The van der Waals surface area contributed by atoms with E-state index in [0.29, 0.717) is 73.7 Å². The number of carboxylic acid groups (broad SMARTS) is 1. The van der Waals surface area contributed by atoms with Crippen molar-refractivity contribution in [1.82, 2.24) is 59.6 Å². The minimum absolute atomic E-state index is 0. The number of aromatic nitrogens is 9. The van der Waals surface area contributed by atoms with Crippen molar-refractivity contribution in [2.24, 2.45) is 0 Å². The Morgan fingerprint density at radius 1 is 0.530 bits per heavy atom. The number of nitrogen functional groups attached to an aromatic ring is 1. The van der Waals surface area contributed by atoms with Crippen LogP contribution >= 0.6 is 17.8 Å². The van der Waals surface area contributed by atoms with Crippen LogP contribution in [-0.4, -0.2) is 146 Å². The molecule has 3 aliphatic rings. The van der Waals surface area contributed by atoms with Crippen LogP contribution in [0.15, 0.2) is 206 Å². The Morgan fingerprint density at radius 2 is 0.881 bits per heavy atom. The number of carbonyl (C=O) groups excluding carboxylic acids is 5. The fourth-order valence-corrected chi connectivity index (χ4v) is 18.0. The molecule has 0 saturated heterocycles. The molecule has 3 atom stereocenters. The van der Waals surface area contributed by atoms with E-state index in [1.54, 1.807) is 124 Å². The number of amides is 3. The molecule has 16 aromatic rings. The van der Waals surface area contributed by atoms with E-state index in [1.807, 2.05) is 60.8 Å². The number of nitrogens with zero attached hydrogens (tertiary/aromatic N) is 7. The first-order chi connectivity index (χ1) is 63.4. The molecular weight excluding hydrogens is 2030 g/mol. The van der Waals surface area contributed by atoms with Crippen LogP contribution in [0.5, 0.6) is 5.75 Å². The normalized spacial score (nSPS) is 14.1. The van der Waals surface area contributed by atoms with E-state index in [4.69, 9.17) is 72.1 Å². The number of esters is 2. The van der Waals surface area contributed by atoms with Gasteiger partial charge >= 0.3 is 54.6 Å². The van der Waals surface area contributed by atoms with Crippen molar-refractivity contribution in [3.63, 3.8) is 0 Å². The van der Waals surface area contributed by atoms with E-state index in [9.17, 15) is 53.6 Å². The minimum Gasteiger partial charge on any atom is -0.699 e. The molecule has 7 aromatic carbocycles. The number of anilines is 1. The third kappa shape index (κ3) is 22.2. The van der Waals surface area contributed by atoms with E-state index in [2.05, 4.69) is 44.6 Å². The molecular formula is C98H104Cl2N15O17SnW-. The van der Waals surface area contributed by atoms with Crippen LogP contribution in [0.4, 0.5) is 17.1 Å². The van der Waals surface area contributed by atoms with Gasteiger partial charge in [-0.3, -0.25) is 34.1 Å². The second kappa shape index (κ2) is 45.1. The summed E-state index contributed by atoms with van der Waals surface area (Å²) in [6.07, 6.45) is 32.9. The van der Waals surface area contributed by atoms with Crippen molar-refractivity contribution >= 4 is 155 Å². The van der Waals surface area contributed by atoms with Gasteiger partial charge in [0.2, 0.25) is 5.43 Å². The largest absolute Gasteiger partial charge is 0.699 e. The van der Waals surface area contributed by atoms with Gasteiger partial charge in [0.1, 0.15) is 54.4 Å². The molecule has 2 radical (unpaired) electrons. The summed E-state index contributed by atoms with van der Waals surface area (Å²) in [6, 6.07) is 35.1. The van der Waals surface area contributed by atoms with Gasteiger partial charge in [-0.15, -0.1) is 5.69 Å². The maximum Gasteiger partial charge on any atom is 0.326 e. The molecule has 19 rings (SSSR count). The Balaban J connectivity index is 0.000000167. The average molecular weight is 2140 g/mol. The summed E-state index contributed by atoms with van der Waals surface area (Å²) in [7, 11) is 12.4. The molecule has 11 N–H and O–H groups in total. The number of hydrogen-bond donors (Lipinski definition) is 9. The molecule has 3 saturated carbocycles. The van der Waals surface area contributed by atoms with Gasteiger partial charge in [0.05, 0.1) is 93.3 Å². The smallest absolute Gasteiger partial charge is 0.326 e. The molecule has 0 spiro atoms. The number of H-pyrrole nitrogens is 3. The first kappa shape index (κ1) is 100.0. The Labute approximate surface area is 801 Å². The zero-order chi connectivity index (χ0) is 92.3. The molecule has 0 bridgehead atoms. The number of nitro benzene ring substituents is 1. The summed E-state index contributed by atoms with van der Waals surface area (Å²) in [5.41, 5.74) is 27.2. The summed E-state index contributed by atoms with van der Waals surface area (Å²) >= 11 is -0.826. The monoisotopic (exact) mass is 2140 g/mol. The van der Waals surface area contributed by atoms with Crippen LogP contribution in [0.3, 0.4) is 0 Å². The Bertz CT molecular complexity index is 6910. The standard InChI is InChI=1S/C30H29N5O6.C30H31N5O4.C29H28N5O4.C7H8O3.2CH4.2ClH.Sn.W/c1-40-30(37)26(14-20-16-31-24-9-8-22(35(38)39)15-23(20)24)33-29(36)18-7-10-27-25(13-18)32-28(19-11-12-41-17-19)34(27)21-5-3-2-4-6-21;1-38-30(37)26(14-20-16-32-24-9-8-21(31)15-23(20)24)34-29(36)18-7-10-27-25(13-18)33-28(19-11-12-39-17-19)35(27)22-5-3-2-4-6-22;30-20-7-8-23-22(14-20)19(15-31-23)13-25(29(36)37)33-28(35)17-6-9-26-24(12-17)32-27(18-10-11-38-16-18)34(26)21-4-2-1-3-5-21;1-3(2)4-5(8)7(10)6(4)9;;;;;;/h7-13,15-17,21,26,31H,2-6,14H2,1H3,(H,33,36);7-13,15-17,22,26,32H,2-6,14,31H2,1H3,(H,34,36);6-12,14-16,21,25,30-31H,1-5,13H2,(H,33,35)(H,36,37);3,8H,1-2H3;2*1H4;2*1H;;/q;;-1;;;;;;+2;/p-2/t2*26-;25-;;;;;;;/m000......./s1. The maximum absolute atomic E-state index is 13.4. The van der Waals surface area contributed by atoms with Crippen LogP contribution in [0.1, 0.15) is 202 Å². The van der Waals surface area contributed by atoms with E-state index in [1.165, 1.54) is 71.3 Å². The third-order valence-corrected chi connectivity index (χ3v) is 24.5. The molecule has 32 nitrogen and oxygen atoms in total. The third-order valence-electron chi connectivity index (χ3n) is 24.5. The SMILES string of the molecule is C.C.CC(C)c1c(O)c(=O)c1=O.COC(=O)[C@H](Cc1c[nH]c2ccc(N)cc12)NC(=O)c1ccc2c(c1)nc(-c1ccoc1)n2C1CCCCC1.COC(=O)[C@H](Cc1c[nH]c2ccc([N+](=O)[O-])cc12)NC(=O)c1ccc2c(c1)nc(-c1ccoc1)n2C1CCCCC1.[Cl][Sn][Cl].[NH-]c1ccc2[nH]cc(C[C@H](NC(=O)c3ccc4c(c3)nc(-c3ccoc3)n4C3CCCCC3)C(=O)O)c2c1.[W]. The number of fused-ring (bicyclic) bond motifs is 6. The van der Waals surface area contributed by atoms with Crippen LogP contribution in [0.2, 0.25) is 0 Å². The van der Waals surface area contributed by atoms with Crippen LogP contribution in [0.25, 0.3) is 106 Å². The summed E-state index contributed by atoms with van der Waals surface area (Å²) in [5.74, 6) is -1.51. The number of nitro groups is 1. The van der Waals surface area contributed by atoms with Gasteiger partial charge in [-0.2, -0.15) is 0 Å². The van der Waals surface area contributed by atoms with Crippen LogP contribution in [0, 0.1) is 10.1 Å². The molecule has 3 amide bonds. The fourth-order valence-electron chi connectivity index (χ4n) is 18.0. The number of aliphatic carboxylic acids is 1. The van der Waals surface area contributed by atoms with E-state index in [-0.39, 0.29) is 84.0 Å². The maximum atomic E-state index is 13.4. The van der Waals surface area contributed by atoms with Crippen molar-refractivity contribution in [3.8, 4) is 39.9 Å². The summed E-state index contributed by atoms with van der Waals surface area (Å²) < 4.78 is 32.8. The molecule has 9 aromatic heterocycles. The second-order valence-corrected chi connectivity index (χ2v) is 37.4. The number of aromatic amines is 3. The number of aromatic hydroxyl groups is 1. The topological polar surface area (TPSA) is 465 Å². The van der Waals surface area contributed by atoms with Gasteiger partial charge in [0.15, 0.2) is 5.75 Å². The number of nitrogens with two attached hydrogens (primary N) is 1. The first-order valence-corrected chi connectivity index (χ1v) is 50.5. The number of halogens is 2. The number of carbonyl (C=O) groups is 6. The Kier molecular flexibility index (Phi) is 33.7. The van der Waals surface area contributed by atoms with Gasteiger partial charge in [-0.05, 0) is 164 Å². The molecule has 0 aliphatic heterocycles. The predicted molar refractivity (Wildman–Crippen MR) is 513 cm³/mol. The molecule has 134 heavy (non-hydrogen) atoms. The van der Waals surface area contributed by atoms with E-state index in [0.717, 1.165) is 141 Å². The average Bonchev–Trinajstić information content (AvgIpc) is 1.63. The number of non-ortho nitro benzene ring substituents is 1. The van der Waals surface area contributed by atoms with E-state index < -0.39 is 82.5 Å². The molecule has 3 fully saturated rings. The number of ether oxygens (including phenoxy) is 2. The summed E-state index contributed by atoms with van der Waals surface area (Å²) in [4.78, 5) is 133. The van der Waals surface area contributed by atoms with Crippen molar-refractivity contribution in [1.29, 1.82) is 0 Å². The van der Waals surface area contributed by atoms with Crippen molar-refractivity contribution in [3.05, 3.63) is 259 Å². The number of nitrogens with one attached hydrogen (secondary N) is 7. The number of rotatable bonds is 23. The number of imidazole rings is 3. The van der Waals surface area contributed by atoms with Crippen LogP contribution in [-0.2, 0) is 64.2 Å². The van der Waals surface area contributed by atoms with Crippen LogP contribution < -0.4 is 32.5 Å². The van der Waals surface area contributed by atoms with E-state index >= 15 is 0 Å². The Morgan fingerprint density at radius 3 is 1.22 bits per heavy atom. The number of hydrogen-bond acceptors (Lipinski definition) is 20. The molecule has 0 unspecified atom stereocenters. The fraction of sp³-hybridized carbons (Fsp3) is 0.316. The second-order valence-electron chi connectivity index (χ2n) is 33.2. The van der Waals surface area contributed by atoms with Gasteiger partial charge in [-0.1, -0.05) is 98.6 Å². The van der Waals surface area contributed by atoms with Gasteiger partial charge in [-0.25, -0.2) is 29.3 Å². The zero-order valence-electron chi connectivity index (χ0n) is 72.5.